The summed E-state index contributed by atoms with van der Waals surface area (Å²) in [6.07, 6.45) is 8.78. The van der Waals surface area contributed by atoms with Crippen LogP contribution < -0.4 is 0 Å². The molecule has 0 saturated carbocycles. The van der Waals surface area contributed by atoms with Crippen LogP contribution in [0.4, 0.5) is 0 Å². The Kier molecular flexibility index (Phi) is 8.37. The Morgan fingerprint density at radius 1 is 1.29 bits per heavy atom. The van der Waals surface area contributed by atoms with Crippen molar-refractivity contribution in [3.63, 3.8) is 0 Å². The van der Waals surface area contributed by atoms with Crippen LogP contribution in [-0.2, 0) is 14.3 Å². The Balaban J connectivity index is 1.85. The Hall–Kier alpha value is -1.37. The van der Waals surface area contributed by atoms with Gasteiger partial charge in [0.2, 0.25) is 6.29 Å². The van der Waals surface area contributed by atoms with E-state index < -0.39 is 6.29 Å². The first-order valence-electron chi connectivity index (χ1n) is 10.7. The van der Waals surface area contributed by atoms with Crippen molar-refractivity contribution in [2.24, 2.45) is 5.92 Å². The molecule has 1 N–H and O–H groups in total. The number of likely N-dealkylation sites (tertiary alicyclic amines) is 1. The van der Waals surface area contributed by atoms with E-state index in [1.807, 2.05) is 17.9 Å². The molecule has 3 atom stereocenters. The lowest BCUT2D eigenvalue weighted by molar-refractivity contribution is -0.170. The van der Waals surface area contributed by atoms with Crippen LogP contribution in [0.15, 0.2) is 28.7 Å². The molecule has 1 aromatic heterocycles. The first kappa shape index (κ1) is 21.3. The smallest absolute Gasteiger partial charge is 0.288 e. The van der Waals surface area contributed by atoms with Gasteiger partial charge in [-0.3, -0.25) is 4.79 Å². The highest BCUT2D eigenvalue weighted by atomic mass is 32.1. The average molecular weight is 408 g/mol. The normalized spacial score (nSPS) is 26.1. The molecule has 1 fully saturated rings. The number of rotatable bonds is 7. The molecule has 3 heterocycles. The maximum Gasteiger partial charge on any atom is 0.288 e. The quantitative estimate of drug-likeness (QED) is 0.732. The molecule has 2 aliphatic rings. The molecule has 3 unspecified atom stereocenters. The molecule has 156 valence electrons. The standard InChI is InChI=1S/C22H33NO4S/c1-2-26-22-18(9-8-13-24)19(17-10-14-28-16-17)15-20(27-22)21(25)23-11-6-4-3-5-7-12-23/h10,14-16,18-19,22,24H,2-9,11-13H2,1H3. The third kappa shape index (κ3) is 5.37. The van der Waals surface area contributed by atoms with Gasteiger partial charge in [-0.1, -0.05) is 19.3 Å². The number of hydrogen-bond acceptors (Lipinski definition) is 5. The molecule has 1 saturated heterocycles. The zero-order valence-corrected chi connectivity index (χ0v) is 17.7. The van der Waals surface area contributed by atoms with Crippen molar-refractivity contribution in [1.29, 1.82) is 0 Å². The largest absolute Gasteiger partial charge is 0.459 e. The molecule has 0 radical (unpaired) electrons. The van der Waals surface area contributed by atoms with Gasteiger partial charge in [0.15, 0.2) is 5.76 Å². The third-order valence-corrected chi connectivity index (χ3v) is 6.40. The number of thiophene rings is 1. The summed E-state index contributed by atoms with van der Waals surface area (Å²) in [5.74, 6) is 0.574. The van der Waals surface area contributed by atoms with Gasteiger partial charge >= 0.3 is 0 Å². The third-order valence-electron chi connectivity index (χ3n) is 5.69. The molecule has 5 nitrogen and oxygen atoms in total. The van der Waals surface area contributed by atoms with Gasteiger partial charge in [-0.05, 0) is 61.1 Å². The summed E-state index contributed by atoms with van der Waals surface area (Å²) in [5, 5.41) is 13.5. The highest BCUT2D eigenvalue weighted by molar-refractivity contribution is 7.08. The van der Waals surface area contributed by atoms with Gasteiger partial charge in [0, 0.05) is 38.1 Å². The predicted octanol–water partition coefficient (Wildman–Crippen LogP) is 4.29. The number of amides is 1. The molecular weight excluding hydrogens is 374 g/mol. The number of aliphatic hydroxyl groups is 1. The molecule has 0 spiro atoms. The van der Waals surface area contributed by atoms with Crippen LogP contribution in [0.5, 0.6) is 0 Å². The van der Waals surface area contributed by atoms with Crippen LogP contribution in [0, 0.1) is 5.92 Å². The second-order valence-electron chi connectivity index (χ2n) is 7.64. The zero-order chi connectivity index (χ0) is 19.8. The Bertz CT molecular complexity index is 622. The first-order valence-corrected chi connectivity index (χ1v) is 11.6. The Labute approximate surface area is 172 Å². The SMILES string of the molecule is CCOC1OC(C(=O)N2CCCCCCC2)=CC(c2ccsc2)C1CCCO. The summed E-state index contributed by atoms with van der Waals surface area (Å²) in [7, 11) is 0. The van der Waals surface area contributed by atoms with Crippen molar-refractivity contribution in [3.05, 3.63) is 34.2 Å². The Morgan fingerprint density at radius 3 is 2.68 bits per heavy atom. The van der Waals surface area contributed by atoms with Gasteiger partial charge in [-0.25, -0.2) is 0 Å². The van der Waals surface area contributed by atoms with Crippen LogP contribution >= 0.6 is 11.3 Å². The van der Waals surface area contributed by atoms with E-state index in [0.29, 0.717) is 18.8 Å². The van der Waals surface area contributed by atoms with Gasteiger partial charge in [0.1, 0.15) is 0 Å². The fourth-order valence-corrected chi connectivity index (χ4v) is 4.92. The number of nitrogens with zero attached hydrogens (tertiary/aromatic N) is 1. The highest BCUT2D eigenvalue weighted by Gasteiger charge is 2.38. The summed E-state index contributed by atoms with van der Waals surface area (Å²) in [4.78, 5) is 15.2. The minimum atomic E-state index is -0.458. The number of aliphatic hydroxyl groups excluding tert-OH is 1. The summed E-state index contributed by atoms with van der Waals surface area (Å²) < 4.78 is 12.0. The average Bonchev–Trinajstić information content (AvgIpc) is 3.20. The fraction of sp³-hybridized carbons (Fsp3) is 0.682. The number of hydrogen-bond donors (Lipinski definition) is 1. The van der Waals surface area contributed by atoms with E-state index in [1.54, 1.807) is 11.3 Å². The minimum Gasteiger partial charge on any atom is -0.459 e. The summed E-state index contributed by atoms with van der Waals surface area (Å²) in [5.41, 5.74) is 1.19. The monoisotopic (exact) mass is 407 g/mol. The molecule has 0 aliphatic carbocycles. The second kappa shape index (κ2) is 11.0. The van der Waals surface area contributed by atoms with Crippen molar-refractivity contribution < 1.29 is 19.4 Å². The Morgan fingerprint density at radius 2 is 2.04 bits per heavy atom. The van der Waals surface area contributed by atoms with Crippen molar-refractivity contribution in [2.75, 3.05) is 26.3 Å². The van der Waals surface area contributed by atoms with Crippen molar-refractivity contribution in [1.82, 2.24) is 4.90 Å². The molecule has 1 amide bonds. The van der Waals surface area contributed by atoms with E-state index in [1.165, 1.54) is 24.8 Å². The van der Waals surface area contributed by atoms with E-state index in [9.17, 15) is 9.90 Å². The van der Waals surface area contributed by atoms with E-state index in [2.05, 4.69) is 16.8 Å². The van der Waals surface area contributed by atoms with E-state index in [-0.39, 0.29) is 24.3 Å². The minimum absolute atomic E-state index is 0.00700. The molecule has 2 aliphatic heterocycles. The van der Waals surface area contributed by atoms with Gasteiger partial charge in [0.05, 0.1) is 0 Å². The van der Waals surface area contributed by atoms with Gasteiger partial charge in [-0.15, -0.1) is 0 Å². The number of allylic oxidation sites excluding steroid dienone is 1. The van der Waals surface area contributed by atoms with Crippen LogP contribution in [0.2, 0.25) is 0 Å². The van der Waals surface area contributed by atoms with E-state index in [0.717, 1.165) is 32.4 Å². The lowest BCUT2D eigenvalue weighted by atomic mass is 9.81. The number of carbonyl (C=O) groups is 1. The van der Waals surface area contributed by atoms with E-state index in [4.69, 9.17) is 9.47 Å². The van der Waals surface area contributed by atoms with Crippen molar-refractivity contribution in [2.45, 2.75) is 64.1 Å². The van der Waals surface area contributed by atoms with E-state index >= 15 is 0 Å². The maximum atomic E-state index is 13.2. The summed E-state index contributed by atoms with van der Waals surface area (Å²) in [6.45, 7) is 4.23. The molecule has 1 aromatic rings. The fourth-order valence-electron chi connectivity index (χ4n) is 4.21. The number of ether oxygens (including phenoxy) is 2. The molecule has 3 rings (SSSR count). The van der Waals surface area contributed by atoms with Crippen LogP contribution in [0.1, 0.15) is 63.4 Å². The van der Waals surface area contributed by atoms with Crippen LogP contribution in [0.25, 0.3) is 0 Å². The summed E-state index contributed by atoms with van der Waals surface area (Å²) >= 11 is 1.66. The lowest BCUT2D eigenvalue weighted by Gasteiger charge is -2.38. The number of carbonyl (C=O) groups excluding carboxylic acids is 1. The van der Waals surface area contributed by atoms with Crippen molar-refractivity contribution >= 4 is 17.2 Å². The molecule has 6 heteroatoms. The van der Waals surface area contributed by atoms with Crippen LogP contribution in [-0.4, -0.2) is 48.5 Å². The van der Waals surface area contributed by atoms with Gasteiger partial charge in [0.25, 0.3) is 5.91 Å². The zero-order valence-electron chi connectivity index (χ0n) is 16.8. The topological polar surface area (TPSA) is 59.0 Å². The first-order chi connectivity index (χ1) is 13.7. The molecule has 28 heavy (non-hydrogen) atoms. The predicted molar refractivity (Wildman–Crippen MR) is 111 cm³/mol. The lowest BCUT2D eigenvalue weighted by Crippen LogP contribution is -2.41. The maximum absolute atomic E-state index is 13.2. The molecular formula is C22H33NO4S. The summed E-state index contributed by atoms with van der Waals surface area (Å²) in [6, 6.07) is 2.12. The van der Waals surface area contributed by atoms with Crippen LogP contribution in [0.3, 0.4) is 0 Å². The van der Waals surface area contributed by atoms with Gasteiger partial charge in [-0.2, -0.15) is 11.3 Å². The molecule has 0 aromatic carbocycles. The molecule has 0 bridgehead atoms. The van der Waals surface area contributed by atoms with Crippen molar-refractivity contribution in [3.8, 4) is 0 Å². The highest BCUT2D eigenvalue weighted by Crippen LogP contribution is 2.40. The van der Waals surface area contributed by atoms with Gasteiger partial charge < -0.3 is 19.5 Å². The second-order valence-corrected chi connectivity index (χ2v) is 8.42.